The highest BCUT2D eigenvalue weighted by molar-refractivity contribution is 6.09. The Hall–Kier alpha value is -2.69. The van der Waals surface area contributed by atoms with Gasteiger partial charge in [0.25, 0.3) is 0 Å². The van der Waals surface area contributed by atoms with Crippen LogP contribution < -0.4 is 0 Å². The number of ether oxygens (including phenoxy) is 2. The average molecular weight is 421 g/mol. The molecule has 0 aromatic heterocycles. The SMILES string of the molecule is CCC1(OC(=O)COC(=O)c2ccc(C=O)c3ccccc23)C2CC3CC(C2)CC1C3. The molecule has 4 bridgehead atoms. The van der Waals surface area contributed by atoms with Crippen LogP contribution in [0.5, 0.6) is 0 Å². The summed E-state index contributed by atoms with van der Waals surface area (Å²) in [7, 11) is 0. The third-order valence-electron chi connectivity index (χ3n) is 8.00. The first-order chi connectivity index (χ1) is 15.0. The molecule has 0 amide bonds. The number of carbonyl (C=O) groups is 3. The van der Waals surface area contributed by atoms with E-state index in [1.807, 2.05) is 6.07 Å². The van der Waals surface area contributed by atoms with E-state index in [2.05, 4.69) is 6.92 Å². The molecule has 0 atom stereocenters. The van der Waals surface area contributed by atoms with Crippen molar-refractivity contribution in [1.29, 1.82) is 0 Å². The van der Waals surface area contributed by atoms with Gasteiger partial charge < -0.3 is 9.47 Å². The predicted molar refractivity (Wildman–Crippen MR) is 116 cm³/mol. The van der Waals surface area contributed by atoms with Crippen LogP contribution in [0.15, 0.2) is 36.4 Å². The lowest BCUT2D eigenvalue weighted by Crippen LogP contribution is -2.59. The third-order valence-corrected chi connectivity index (χ3v) is 8.00. The molecule has 2 aromatic rings. The van der Waals surface area contributed by atoms with E-state index in [-0.39, 0.29) is 0 Å². The summed E-state index contributed by atoms with van der Waals surface area (Å²) in [5.41, 5.74) is 0.460. The second kappa shape index (κ2) is 7.77. The van der Waals surface area contributed by atoms with Crippen molar-refractivity contribution in [3.8, 4) is 0 Å². The number of hydrogen-bond donors (Lipinski definition) is 0. The van der Waals surface area contributed by atoms with E-state index in [0.717, 1.165) is 50.2 Å². The zero-order valence-electron chi connectivity index (χ0n) is 17.8. The summed E-state index contributed by atoms with van der Waals surface area (Å²) in [5.74, 6) is 1.42. The van der Waals surface area contributed by atoms with Crippen molar-refractivity contribution >= 4 is 29.0 Å². The molecule has 0 aliphatic heterocycles. The molecule has 31 heavy (non-hydrogen) atoms. The Bertz CT molecular complexity index is 1010. The standard InChI is InChI=1S/C26H28O5/c1-2-26(19-10-16-9-17(12-19)13-20(26)11-16)31-24(28)15-30-25(29)23-8-7-18(14-27)21-5-3-4-6-22(21)23/h3-8,14,16-17,19-20H,2,9-13,15H2,1H3. The molecule has 0 spiro atoms. The maximum atomic E-state index is 12.8. The minimum absolute atomic E-state index is 0.342. The normalized spacial score (nSPS) is 30.9. The minimum atomic E-state index is -0.582. The van der Waals surface area contributed by atoms with Crippen LogP contribution >= 0.6 is 0 Å². The summed E-state index contributed by atoms with van der Waals surface area (Å²) in [6.07, 6.45) is 7.55. The van der Waals surface area contributed by atoms with Gasteiger partial charge in [-0.25, -0.2) is 9.59 Å². The van der Waals surface area contributed by atoms with Gasteiger partial charge in [-0.05, 0) is 79.0 Å². The molecule has 0 N–H and O–H groups in total. The molecule has 5 heteroatoms. The fraction of sp³-hybridized carbons (Fsp3) is 0.500. The van der Waals surface area contributed by atoms with Crippen LogP contribution in [0.1, 0.15) is 66.2 Å². The van der Waals surface area contributed by atoms with Gasteiger partial charge in [-0.3, -0.25) is 4.79 Å². The van der Waals surface area contributed by atoms with Crippen LogP contribution in [-0.4, -0.2) is 30.4 Å². The average Bonchev–Trinajstić information content (AvgIpc) is 2.78. The van der Waals surface area contributed by atoms with E-state index in [4.69, 9.17) is 9.47 Å². The van der Waals surface area contributed by atoms with Gasteiger partial charge in [0.1, 0.15) is 5.60 Å². The van der Waals surface area contributed by atoms with Crippen molar-refractivity contribution in [1.82, 2.24) is 0 Å². The molecule has 4 aliphatic rings. The van der Waals surface area contributed by atoms with Gasteiger partial charge in [0.15, 0.2) is 12.9 Å². The van der Waals surface area contributed by atoms with Gasteiger partial charge in [-0.2, -0.15) is 0 Å². The first-order valence-corrected chi connectivity index (χ1v) is 11.4. The molecule has 0 radical (unpaired) electrons. The Kier molecular flexibility index (Phi) is 5.07. The summed E-state index contributed by atoms with van der Waals surface area (Å²) < 4.78 is 11.5. The monoisotopic (exact) mass is 420 g/mol. The van der Waals surface area contributed by atoms with E-state index in [1.165, 1.54) is 6.42 Å². The minimum Gasteiger partial charge on any atom is -0.456 e. The van der Waals surface area contributed by atoms with Crippen LogP contribution in [0, 0.1) is 23.7 Å². The van der Waals surface area contributed by atoms with Crippen LogP contribution in [-0.2, 0) is 14.3 Å². The van der Waals surface area contributed by atoms with Gasteiger partial charge in [-0.15, -0.1) is 0 Å². The number of carbonyl (C=O) groups excluding carboxylic acids is 3. The van der Waals surface area contributed by atoms with Crippen molar-refractivity contribution in [2.45, 2.75) is 51.0 Å². The number of fused-ring (bicyclic) bond motifs is 1. The summed E-state index contributed by atoms with van der Waals surface area (Å²) in [6.45, 7) is 1.72. The maximum absolute atomic E-state index is 12.8. The fourth-order valence-corrected chi connectivity index (χ4v) is 6.84. The van der Waals surface area contributed by atoms with Crippen LogP contribution in [0.4, 0.5) is 0 Å². The highest BCUT2D eigenvalue weighted by Crippen LogP contribution is 2.60. The predicted octanol–water partition coefficient (Wildman–Crippen LogP) is 4.96. The van der Waals surface area contributed by atoms with E-state index < -0.39 is 24.1 Å². The largest absolute Gasteiger partial charge is 0.456 e. The molecule has 0 unspecified atom stereocenters. The van der Waals surface area contributed by atoms with Crippen molar-refractivity contribution in [3.05, 3.63) is 47.5 Å². The fourth-order valence-electron chi connectivity index (χ4n) is 6.84. The molecule has 2 aromatic carbocycles. The highest BCUT2D eigenvalue weighted by Gasteiger charge is 2.58. The van der Waals surface area contributed by atoms with Crippen molar-refractivity contribution < 1.29 is 23.9 Å². The second-order valence-corrected chi connectivity index (χ2v) is 9.53. The van der Waals surface area contributed by atoms with Crippen LogP contribution in [0.3, 0.4) is 0 Å². The Labute approximate surface area is 182 Å². The quantitative estimate of drug-likeness (QED) is 0.488. The van der Waals surface area contributed by atoms with Gasteiger partial charge in [-0.1, -0.05) is 37.3 Å². The maximum Gasteiger partial charge on any atom is 0.344 e. The first-order valence-electron chi connectivity index (χ1n) is 11.4. The smallest absolute Gasteiger partial charge is 0.344 e. The molecule has 0 heterocycles. The Morgan fingerprint density at radius 2 is 1.61 bits per heavy atom. The lowest BCUT2D eigenvalue weighted by atomic mass is 9.49. The first kappa shape index (κ1) is 20.2. The number of hydrogen-bond acceptors (Lipinski definition) is 5. The molecule has 4 fully saturated rings. The molecular weight excluding hydrogens is 392 g/mol. The van der Waals surface area contributed by atoms with Crippen molar-refractivity contribution in [3.63, 3.8) is 0 Å². The van der Waals surface area contributed by atoms with Gasteiger partial charge in [0, 0.05) is 5.56 Å². The van der Waals surface area contributed by atoms with Crippen molar-refractivity contribution in [2.75, 3.05) is 6.61 Å². The number of rotatable bonds is 6. The molecule has 5 nitrogen and oxygen atoms in total. The number of esters is 2. The van der Waals surface area contributed by atoms with Gasteiger partial charge in [0.05, 0.1) is 5.56 Å². The molecule has 0 saturated heterocycles. The Morgan fingerprint density at radius 1 is 0.968 bits per heavy atom. The third kappa shape index (κ3) is 3.35. The lowest BCUT2D eigenvalue weighted by Gasteiger charge is -2.60. The molecule has 4 aliphatic carbocycles. The Balaban J connectivity index is 1.28. The number of aldehydes is 1. The number of benzene rings is 2. The summed E-state index contributed by atoms with van der Waals surface area (Å²) in [6, 6.07) is 10.4. The molecular formula is C26H28O5. The molecule has 162 valence electrons. The van der Waals surface area contributed by atoms with E-state index in [1.54, 1.807) is 30.3 Å². The molecule has 4 saturated carbocycles. The highest BCUT2D eigenvalue weighted by atomic mass is 16.6. The second-order valence-electron chi connectivity index (χ2n) is 9.53. The summed E-state index contributed by atoms with van der Waals surface area (Å²) >= 11 is 0. The summed E-state index contributed by atoms with van der Waals surface area (Å²) in [5, 5.41) is 1.32. The van der Waals surface area contributed by atoms with E-state index >= 15 is 0 Å². The van der Waals surface area contributed by atoms with E-state index in [0.29, 0.717) is 33.7 Å². The van der Waals surface area contributed by atoms with Gasteiger partial charge >= 0.3 is 11.9 Å². The molecule has 6 rings (SSSR count). The zero-order chi connectivity index (χ0) is 21.6. The zero-order valence-corrected chi connectivity index (χ0v) is 17.8. The lowest BCUT2D eigenvalue weighted by molar-refractivity contribution is -0.212. The van der Waals surface area contributed by atoms with E-state index in [9.17, 15) is 14.4 Å². The van der Waals surface area contributed by atoms with Gasteiger partial charge in [0.2, 0.25) is 0 Å². The summed E-state index contributed by atoms with van der Waals surface area (Å²) in [4.78, 5) is 36.8. The topological polar surface area (TPSA) is 69.7 Å². The van der Waals surface area contributed by atoms with Crippen LogP contribution in [0.25, 0.3) is 10.8 Å². The van der Waals surface area contributed by atoms with Crippen molar-refractivity contribution in [2.24, 2.45) is 23.7 Å². The van der Waals surface area contributed by atoms with Crippen LogP contribution in [0.2, 0.25) is 0 Å². The Morgan fingerprint density at radius 3 is 2.23 bits per heavy atom.